The maximum absolute atomic E-state index is 3.47. The molecule has 1 N–H and O–H groups in total. The van der Waals surface area contributed by atoms with Crippen LogP contribution in [0.3, 0.4) is 0 Å². The van der Waals surface area contributed by atoms with E-state index in [9.17, 15) is 0 Å². The fourth-order valence-corrected chi connectivity index (χ4v) is 2.38. The van der Waals surface area contributed by atoms with Gasteiger partial charge in [-0.2, -0.15) is 0 Å². The van der Waals surface area contributed by atoms with E-state index in [1.54, 1.807) is 0 Å². The molecule has 1 aromatic rings. The summed E-state index contributed by atoms with van der Waals surface area (Å²) in [5, 5.41) is 3.47. The van der Waals surface area contributed by atoms with Crippen LogP contribution in [-0.2, 0) is 0 Å². The molecule has 0 saturated carbocycles. The Morgan fingerprint density at radius 1 is 1.00 bits per heavy atom. The average molecular weight is 233 g/mol. The van der Waals surface area contributed by atoms with E-state index in [4.69, 9.17) is 0 Å². The average Bonchev–Trinajstić information content (AvgIpc) is 2.34. The lowest BCUT2D eigenvalue weighted by Gasteiger charge is -2.24. The second-order valence-corrected chi connectivity index (χ2v) is 5.42. The van der Waals surface area contributed by atoms with Gasteiger partial charge >= 0.3 is 0 Å². The van der Waals surface area contributed by atoms with Crippen molar-refractivity contribution in [3.63, 3.8) is 0 Å². The van der Waals surface area contributed by atoms with Crippen molar-refractivity contribution in [3.8, 4) is 0 Å². The number of benzene rings is 1. The zero-order valence-corrected chi connectivity index (χ0v) is 11.7. The first kappa shape index (κ1) is 14.2. The minimum absolute atomic E-state index is 0.591. The molecule has 0 aromatic heterocycles. The lowest BCUT2D eigenvalue weighted by Crippen LogP contribution is -2.30. The summed E-state index contributed by atoms with van der Waals surface area (Å²) < 4.78 is 0. The van der Waals surface area contributed by atoms with Crippen LogP contribution in [0, 0.1) is 5.92 Å². The molecule has 1 heteroatoms. The number of nitrogens with one attached hydrogen (secondary N) is 1. The van der Waals surface area contributed by atoms with Gasteiger partial charge in [0.05, 0.1) is 0 Å². The Hall–Kier alpha value is -0.820. The van der Waals surface area contributed by atoms with Crippen molar-refractivity contribution in [2.24, 2.45) is 5.92 Å². The quantitative estimate of drug-likeness (QED) is 0.744. The first-order valence-electron chi connectivity index (χ1n) is 6.87. The highest BCUT2D eigenvalue weighted by molar-refractivity contribution is 5.20. The monoisotopic (exact) mass is 233 g/mol. The van der Waals surface area contributed by atoms with E-state index < -0.39 is 0 Å². The standard InChI is InChI=1S/C16H27N/c1-13(2)9-8-12-16(17-4)14(3)15-10-6-5-7-11-15/h5-7,10-11,13-14,16-17H,8-9,12H2,1-4H3. The van der Waals surface area contributed by atoms with Crippen molar-refractivity contribution in [1.82, 2.24) is 5.32 Å². The predicted molar refractivity (Wildman–Crippen MR) is 76.4 cm³/mol. The minimum atomic E-state index is 0.591. The molecule has 0 amide bonds. The summed E-state index contributed by atoms with van der Waals surface area (Å²) in [6.07, 6.45) is 3.92. The predicted octanol–water partition coefficient (Wildman–Crippen LogP) is 4.20. The molecule has 1 nitrogen and oxygen atoms in total. The molecule has 2 atom stereocenters. The molecule has 0 bridgehead atoms. The lowest BCUT2D eigenvalue weighted by atomic mass is 9.89. The van der Waals surface area contributed by atoms with Crippen LogP contribution < -0.4 is 5.32 Å². The smallest absolute Gasteiger partial charge is 0.0130 e. The van der Waals surface area contributed by atoms with Crippen molar-refractivity contribution in [2.75, 3.05) is 7.05 Å². The molecule has 96 valence electrons. The third kappa shape index (κ3) is 4.91. The van der Waals surface area contributed by atoms with Gasteiger partial charge in [-0.25, -0.2) is 0 Å². The van der Waals surface area contributed by atoms with E-state index in [0.29, 0.717) is 12.0 Å². The maximum Gasteiger partial charge on any atom is 0.0130 e. The SMILES string of the molecule is CNC(CCCC(C)C)C(C)c1ccccc1. The van der Waals surface area contributed by atoms with Crippen molar-refractivity contribution < 1.29 is 0 Å². The number of hydrogen-bond donors (Lipinski definition) is 1. The van der Waals surface area contributed by atoms with Crippen LogP contribution in [-0.4, -0.2) is 13.1 Å². The van der Waals surface area contributed by atoms with Gasteiger partial charge < -0.3 is 5.32 Å². The van der Waals surface area contributed by atoms with Gasteiger partial charge in [-0.1, -0.05) is 63.9 Å². The van der Waals surface area contributed by atoms with Crippen LogP contribution in [0.1, 0.15) is 51.5 Å². The first-order chi connectivity index (χ1) is 8.15. The summed E-state index contributed by atoms with van der Waals surface area (Å²) in [5.74, 6) is 1.41. The largest absolute Gasteiger partial charge is 0.316 e. The van der Waals surface area contributed by atoms with Crippen LogP contribution in [0.5, 0.6) is 0 Å². The van der Waals surface area contributed by atoms with E-state index >= 15 is 0 Å². The number of rotatable bonds is 7. The van der Waals surface area contributed by atoms with Gasteiger partial charge in [0.2, 0.25) is 0 Å². The summed E-state index contributed by atoms with van der Waals surface area (Å²) in [4.78, 5) is 0. The second kappa shape index (κ2) is 7.50. The van der Waals surface area contributed by atoms with E-state index in [2.05, 4.69) is 63.5 Å². The Labute approximate surface area is 107 Å². The Morgan fingerprint density at radius 3 is 2.18 bits per heavy atom. The third-order valence-electron chi connectivity index (χ3n) is 3.60. The van der Waals surface area contributed by atoms with Crippen LogP contribution in [0.4, 0.5) is 0 Å². The fraction of sp³-hybridized carbons (Fsp3) is 0.625. The molecule has 0 aliphatic rings. The van der Waals surface area contributed by atoms with Crippen molar-refractivity contribution in [2.45, 2.75) is 52.0 Å². The van der Waals surface area contributed by atoms with Gasteiger partial charge in [0, 0.05) is 6.04 Å². The summed E-state index contributed by atoms with van der Waals surface area (Å²) in [5.41, 5.74) is 1.44. The topological polar surface area (TPSA) is 12.0 Å². The van der Waals surface area contributed by atoms with E-state index in [1.807, 2.05) is 0 Å². The third-order valence-corrected chi connectivity index (χ3v) is 3.60. The van der Waals surface area contributed by atoms with Crippen LogP contribution >= 0.6 is 0 Å². The van der Waals surface area contributed by atoms with Crippen molar-refractivity contribution >= 4 is 0 Å². The molecule has 0 saturated heterocycles. The Morgan fingerprint density at radius 2 is 1.65 bits per heavy atom. The molecular weight excluding hydrogens is 206 g/mol. The second-order valence-electron chi connectivity index (χ2n) is 5.42. The van der Waals surface area contributed by atoms with Gasteiger partial charge in [-0.15, -0.1) is 0 Å². The van der Waals surface area contributed by atoms with Gasteiger partial charge in [-0.05, 0) is 30.9 Å². The molecule has 1 rings (SSSR count). The van der Waals surface area contributed by atoms with Crippen LogP contribution in [0.15, 0.2) is 30.3 Å². The van der Waals surface area contributed by atoms with Crippen molar-refractivity contribution in [3.05, 3.63) is 35.9 Å². The number of hydrogen-bond acceptors (Lipinski definition) is 1. The van der Waals surface area contributed by atoms with Crippen LogP contribution in [0.25, 0.3) is 0 Å². The first-order valence-corrected chi connectivity index (χ1v) is 6.87. The zero-order chi connectivity index (χ0) is 12.7. The highest BCUT2D eigenvalue weighted by atomic mass is 14.9. The normalized spacial score (nSPS) is 14.9. The summed E-state index contributed by atoms with van der Waals surface area (Å²) in [7, 11) is 2.08. The van der Waals surface area contributed by atoms with Crippen LogP contribution in [0.2, 0.25) is 0 Å². The molecule has 0 aliphatic carbocycles. The molecule has 2 unspecified atom stereocenters. The summed E-state index contributed by atoms with van der Waals surface area (Å²) in [6, 6.07) is 11.4. The summed E-state index contributed by atoms with van der Waals surface area (Å²) >= 11 is 0. The van der Waals surface area contributed by atoms with Gasteiger partial charge in [-0.3, -0.25) is 0 Å². The van der Waals surface area contributed by atoms with E-state index in [-0.39, 0.29) is 0 Å². The molecule has 0 fully saturated rings. The molecule has 0 heterocycles. The number of likely N-dealkylation sites (N-methyl/N-ethyl adjacent to an activating group) is 1. The van der Waals surface area contributed by atoms with Gasteiger partial charge in [0.15, 0.2) is 0 Å². The van der Waals surface area contributed by atoms with Crippen molar-refractivity contribution in [1.29, 1.82) is 0 Å². The fourth-order valence-electron chi connectivity index (χ4n) is 2.38. The molecule has 1 aromatic carbocycles. The lowest BCUT2D eigenvalue weighted by molar-refractivity contribution is 0.418. The molecule has 0 spiro atoms. The van der Waals surface area contributed by atoms with E-state index in [1.165, 1.54) is 24.8 Å². The van der Waals surface area contributed by atoms with Gasteiger partial charge in [0.25, 0.3) is 0 Å². The maximum atomic E-state index is 3.47. The highest BCUT2D eigenvalue weighted by Gasteiger charge is 2.16. The van der Waals surface area contributed by atoms with Gasteiger partial charge in [0.1, 0.15) is 0 Å². The minimum Gasteiger partial charge on any atom is -0.316 e. The molecular formula is C16H27N. The molecule has 17 heavy (non-hydrogen) atoms. The molecule has 0 aliphatic heterocycles. The Balaban J connectivity index is 2.49. The Bertz CT molecular complexity index is 292. The summed E-state index contributed by atoms with van der Waals surface area (Å²) in [6.45, 7) is 6.93. The highest BCUT2D eigenvalue weighted by Crippen LogP contribution is 2.22. The van der Waals surface area contributed by atoms with E-state index in [0.717, 1.165) is 5.92 Å². The Kier molecular flexibility index (Phi) is 6.28. The zero-order valence-electron chi connectivity index (χ0n) is 11.7. The molecule has 0 radical (unpaired) electrons.